The van der Waals surface area contributed by atoms with Crippen LogP contribution in [0.2, 0.25) is 0 Å². The summed E-state index contributed by atoms with van der Waals surface area (Å²) in [7, 11) is 1.34. The molecule has 0 aliphatic carbocycles. The number of nitrogens with one attached hydrogen (secondary N) is 1. The third kappa shape index (κ3) is 3.04. The van der Waals surface area contributed by atoms with Crippen LogP contribution in [0.25, 0.3) is 0 Å². The summed E-state index contributed by atoms with van der Waals surface area (Å²) in [4.78, 5) is 28.6. The Bertz CT molecular complexity index is 444. The van der Waals surface area contributed by atoms with Gasteiger partial charge in [-0.1, -0.05) is 0 Å². The monoisotopic (exact) mass is 249 g/mol. The zero-order valence-corrected chi connectivity index (χ0v) is 10.2. The molecule has 1 amide bonds. The average molecular weight is 249 g/mol. The Labute approximate surface area is 105 Å². The number of carbonyl (C=O) groups is 2. The zero-order chi connectivity index (χ0) is 13.0. The molecule has 0 bridgehead atoms. The van der Waals surface area contributed by atoms with Crippen LogP contribution in [-0.2, 0) is 16.1 Å². The molecule has 1 aliphatic rings. The lowest BCUT2D eigenvalue weighted by molar-refractivity contribution is -0.124. The quantitative estimate of drug-likeness (QED) is 0.751. The standard InChI is InChI=1S/C12H15N3O3/c1-18-12(17)9-2-3-10(14-6-9)7-15-5-4-13-11(16)8-15/h2-3,6H,4-5,7-8H2,1H3,(H,13,16). The third-order valence-corrected chi connectivity index (χ3v) is 2.75. The minimum atomic E-state index is -0.397. The van der Waals surface area contributed by atoms with Gasteiger partial charge in [0.25, 0.3) is 0 Å². The van der Waals surface area contributed by atoms with Crippen molar-refractivity contribution < 1.29 is 14.3 Å². The number of piperazine rings is 1. The predicted molar refractivity (Wildman–Crippen MR) is 63.9 cm³/mol. The number of nitrogens with zero attached hydrogens (tertiary/aromatic N) is 2. The summed E-state index contributed by atoms with van der Waals surface area (Å²) in [6.45, 7) is 2.47. The van der Waals surface area contributed by atoms with Gasteiger partial charge in [-0.3, -0.25) is 14.7 Å². The van der Waals surface area contributed by atoms with Crippen LogP contribution in [0.4, 0.5) is 0 Å². The van der Waals surface area contributed by atoms with E-state index in [4.69, 9.17) is 0 Å². The van der Waals surface area contributed by atoms with Gasteiger partial charge in [0.1, 0.15) is 0 Å². The summed E-state index contributed by atoms with van der Waals surface area (Å²) in [6, 6.07) is 3.46. The maximum atomic E-state index is 11.2. The fourth-order valence-electron chi connectivity index (χ4n) is 1.81. The first kappa shape index (κ1) is 12.5. The van der Waals surface area contributed by atoms with E-state index < -0.39 is 5.97 Å². The highest BCUT2D eigenvalue weighted by molar-refractivity contribution is 5.88. The van der Waals surface area contributed by atoms with Gasteiger partial charge in [-0.15, -0.1) is 0 Å². The van der Waals surface area contributed by atoms with Crippen LogP contribution in [0.5, 0.6) is 0 Å². The number of carbonyl (C=O) groups excluding carboxylic acids is 2. The Morgan fingerprint density at radius 2 is 2.39 bits per heavy atom. The van der Waals surface area contributed by atoms with Gasteiger partial charge in [-0.05, 0) is 12.1 Å². The van der Waals surface area contributed by atoms with E-state index in [0.717, 1.165) is 12.2 Å². The molecule has 1 saturated heterocycles. The third-order valence-electron chi connectivity index (χ3n) is 2.75. The van der Waals surface area contributed by atoms with E-state index in [-0.39, 0.29) is 5.91 Å². The molecule has 2 rings (SSSR count). The van der Waals surface area contributed by atoms with E-state index in [1.807, 2.05) is 4.90 Å². The van der Waals surface area contributed by atoms with Crippen molar-refractivity contribution in [1.29, 1.82) is 0 Å². The molecular weight excluding hydrogens is 234 g/mol. The molecule has 0 spiro atoms. The summed E-state index contributed by atoms with van der Waals surface area (Å²) in [6.07, 6.45) is 1.49. The Morgan fingerprint density at radius 3 is 3.00 bits per heavy atom. The van der Waals surface area contributed by atoms with Gasteiger partial charge in [-0.2, -0.15) is 0 Å². The molecular formula is C12H15N3O3. The Morgan fingerprint density at radius 1 is 1.56 bits per heavy atom. The number of ether oxygens (including phenoxy) is 1. The van der Waals surface area contributed by atoms with Gasteiger partial charge in [0.2, 0.25) is 5.91 Å². The number of rotatable bonds is 3. The summed E-state index contributed by atoms with van der Waals surface area (Å²) >= 11 is 0. The van der Waals surface area contributed by atoms with E-state index >= 15 is 0 Å². The Kier molecular flexibility index (Phi) is 3.88. The van der Waals surface area contributed by atoms with Crippen molar-refractivity contribution in [3.63, 3.8) is 0 Å². The summed E-state index contributed by atoms with van der Waals surface area (Å²) in [5.41, 5.74) is 1.26. The fraction of sp³-hybridized carbons (Fsp3) is 0.417. The number of hydrogen-bond donors (Lipinski definition) is 1. The molecule has 0 atom stereocenters. The average Bonchev–Trinajstić information content (AvgIpc) is 2.39. The van der Waals surface area contributed by atoms with Crippen LogP contribution in [0, 0.1) is 0 Å². The maximum Gasteiger partial charge on any atom is 0.339 e. The second-order valence-corrected chi connectivity index (χ2v) is 4.09. The number of hydrogen-bond acceptors (Lipinski definition) is 5. The molecule has 0 unspecified atom stereocenters. The van der Waals surface area contributed by atoms with Crippen molar-refractivity contribution in [3.8, 4) is 0 Å². The first-order valence-corrected chi connectivity index (χ1v) is 5.71. The van der Waals surface area contributed by atoms with Crippen molar-refractivity contribution >= 4 is 11.9 Å². The minimum absolute atomic E-state index is 0.0347. The van der Waals surface area contributed by atoms with E-state index in [1.165, 1.54) is 13.3 Å². The van der Waals surface area contributed by atoms with Crippen LogP contribution >= 0.6 is 0 Å². The number of methoxy groups -OCH3 is 1. The van der Waals surface area contributed by atoms with Crippen LogP contribution in [0.1, 0.15) is 16.1 Å². The SMILES string of the molecule is COC(=O)c1ccc(CN2CCNC(=O)C2)nc1. The molecule has 0 saturated carbocycles. The van der Waals surface area contributed by atoms with Gasteiger partial charge in [-0.25, -0.2) is 4.79 Å². The van der Waals surface area contributed by atoms with Gasteiger partial charge in [0.15, 0.2) is 0 Å². The van der Waals surface area contributed by atoms with E-state index in [2.05, 4.69) is 15.0 Å². The molecule has 1 aromatic heterocycles. The maximum absolute atomic E-state index is 11.2. The van der Waals surface area contributed by atoms with Gasteiger partial charge in [0, 0.05) is 25.8 Å². The first-order valence-electron chi connectivity index (χ1n) is 5.71. The number of amides is 1. The van der Waals surface area contributed by atoms with E-state index in [1.54, 1.807) is 12.1 Å². The molecule has 1 fully saturated rings. The molecule has 0 aromatic carbocycles. The smallest absolute Gasteiger partial charge is 0.339 e. The predicted octanol–water partition coefficient (Wildman–Crippen LogP) is -0.200. The molecule has 18 heavy (non-hydrogen) atoms. The van der Waals surface area contributed by atoms with E-state index in [9.17, 15) is 9.59 Å². The Balaban J connectivity index is 1.97. The molecule has 6 heteroatoms. The second-order valence-electron chi connectivity index (χ2n) is 4.09. The highest BCUT2D eigenvalue weighted by Gasteiger charge is 2.16. The topological polar surface area (TPSA) is 71.5 Å². The van der Waals surface area contributed by atoms with Crippen molar-refractivity contribution in [1.82, 2.24) is 15.2 Å². The largest absolute Gasteiger partial charge is 0.465 e. The van der Waals surface area contributed by atoms with Gasteiger partial charge < -0.3 is 10.1 Å². The Hall–Kier alpha value is -1.95. The van der Waals surface area contributed by atoms with Crippen molar-refractivity contribution in [2.24, 2.45) is 0 Å². The summed E-state index contributed by atoms with van der Waals surface area (Å²) in [5.74, 6) is -0.362. The van der Waals surface area contributed by atoms with Crippen LogP contribution in [0.3, 0.4) is 0 Å². The van der Waals surface area contributed by atoms with Crippen LogP contribution < -0.4 is 5.32 Å². The molecule has 2 heterocycles. The first-order chi connectivity index (χ1) is 8.69. The van der Waals surface area contributed by atoms with Crippen LogP contribution in [0.15, 0.2) is 18.3 Å². The van der Waals surface area contributed by atoms with Crippen molar-refractivity contribution in [2.75, 3.05) is 26.7 Å². The molecule has 0 radical (unpaired) electrons. The summed E-state index contributed by atoms with van der Waals surface area (Å²) < 4.78 is 4.60. The van der Waals surface area contributed by atoms with Crippen molar-refractivity contribution in [3.05, 3.63) is 29.6 Å². The lowest BCUT2D eigenvalue weighted by Crippen LogP contribution is -2.47. The van der Waals surface area contributed by atoms with Gasteiger partial charge >= 0.3 is 5.97 Å². The molecule has 1 aromatic rings. The van der Waals surface area contributed by atoms with Gasteiger partial charge in [0.05, 0.1) is 24.9 Å². The molecule has 1 aliphatic heterocycles. The molecule has 6 nitrogen and oxygen atoms in total. The summed E-state index contributed by atoms with van der Waals surface area (Å²) in [5, 5.41) is 2.77. The number of aromatic nitrogens is 1. The number of esters is 1. The second kappa shape index (κ2) is 5.59. The lowest BCUT2D eigenvalue weighted by Gasteiger charge is -2.25. The van der Waals surface area contributed by atoms with Crippen LogP contribution in [-0.4, -0.2) is 48.5 Å². The molecule has 1 N–H and O–H groups in total. The zero-order valence-electron chi connectivity index (χ0n) is 10.2. The normalized spacial score (nSPS) is 16.2. The number of pyridine rings is 1. The van der Waals surface area contributed by atoms with E-state index in [0.29, 0.717) is 25.2 Å². The highest BCUT2D eigenvalue weighted by atomic mass is 16.5. The molecule has 96 valence electrons. The lowest BCUT2D eigenvalue weighted by atomic mass is 10.2. The fourth-order valence-corrected chi connectivity index (χ4v) is 1.81. The highest BCUT2D eigenvalue weighted by Crippen LogP contribution is 2.06. The minimum Gasteiger partial charge on any atom is -0.465 e. The van der Waals surface area contributed by atoms with Crippen molar-refractivity contribution in [2.45, 2.75) is 6.54 Å².